The van der Waals surface area contributed by atoms with Gasteiger partial charge in [0.2, 0.25) is 0 Å². The summed E-state index contributed by atoms with van der Waals surface area (Å²) in [6, 6.07) is 8.47. The van der Waals surface area contributed by atoms with Crippen molar-refractivity contribution in [1.29, 1.82) is 0 Å². The SMILES string of the molecule is CCCn1c(CCC(CCN)C(C)C)nc2ccccc21. The zero-order valence-corrected chi connectivity index (χ0v) is 13.7. The Morgan fingerprint density at radius 2 is 1.95 bits per heavy atom. The summed E-state index contributed by atoms with van der Waals surface area (Å²) in [5, 5.41) is 0. The number of benzene rings is 1. The molecule has 1 atom stereocenters. The van der Waals surface area contributed by atoms with Crippen LogP contribution >= 0.6 is 0 Å². The highest BCUT2D eigenvalue weighted by atomic mass is 15.1. The van der Waals surface area contributed by atoms with Gasteiger partial charge in [-0.1, -0.05) is 32.9 Å². The fraction of sp³-hybridized carbons (Fsp3) is 0.611. The number of nitrogens with two attached hydrogens (primary N) is 1. The number of hydrogen-bond donors (Lipinski definition) is 1. The fourth-order valence-corrected chi connectivity index (χ4v) is 3.13. The maximum Gasteiger partial charge on any atom is 0.109 e. The predicted molar refractivity (Wildman–Crippen MR) is 90.3 cm³/mol. The number of imidazole rings is 1. The Morgan fingerprint density at radius 1 is 1.19 bits per heavy atom. The van der Waals surface area contributed by atoms with Crippen molar-refractivity contribution in [2.75, 3.05) is 6.54 Å². The second kappa shape index (κ2) is 7.60. The van der Waals surface area contributed by atoms with Crippen LogP contribution in [-0.4, -0.2) is 16.1 Å². The zero-order chi connectivity index (χ0) is 15.2. The van der Waals surface area contributed by atoms with Gasteiger partial charge in [0.15, 0.2) is 0 Å². The molecular formula is C18H29N3. The van der Waals surface area contributed by atoms with Crippen LogP contribution in [0, 0.1) is 11.8 Å². The van der Waals surface area contributed by atoms with Gasteiger partial charge in [0.25, 0.3) is 0 Å². The zero-order valence-electron chi connectivity index (χ0n) is 13.7. The molecule has 0 saturated heterocycles. The van der Waals surface area contributed by atoms with Crippen molar-refractivity contribution in [3.8, 4) is 0 Å². The van der Waals surface area contributed by atoms with E-state index < -0.39 is 0 Å². The van der Waals surface area contributed by atoms with Crippen LogP contribution in [0.1, 0.15) is 45.9 Å². The van der Waals surface area contributed by atoms with E-state index >= 15 is 0 Å². The highest BCUT2D eigenvalue weighted by Gasteiger charge is 2.15. The Labute approximate surface area is 128 Å². The Kier molecular flexibility index (Phi) is 5.80. The lowest BCUT2D eigenvalue weighted by Gasteiger charge is -2.20. The van der Waals surface area contributed by atoms with Crippen LogP contribution in [0.15, 0.2) is 24.3 Å². The quantitative estimate of drug-likeness (QED) is 0.797. The molecule has 1 heterocycles. The van der Waals surface area contributed by atoms with Gasteiger partial charge in [-0.05, 0) is 49.8 Å². The molecule has 21 heavy (non-hydrogen) atoms. The molecule has 0 aliphatic heterocycles. The molecule has 0 saturated carbocycles. The summed E-state index contributed by atoms with van der Waals surface area (Å²) >= 11 is 0. The summed E-state index contributed by atoms with van der Waals surface area (Å²) in [4.78, 5) is 4.85. The fourth-order valence-electron chi connectivity index (χ4n) is 3.13. The molecule has 116 valence electrons. The molecule has 1 aromatic carbocycles. The van der Waals surface area contributed by atoms with Crippen LogP contribution in [0.25, 0.3) is 11.0 Å². The first-order valence-corrected chi connectivity index (χ1v) is 8.31. The second-order valence-electron chi connectivity index (χ2n) is 6.29. The second-order valence-corrected chi connectivity index (χ2v) is 6.29. The van der Waals surface area contributed by atoms with Crippen LogP contribution in [0.4, 0.5) is 0 Å². The first-order chi connectivity index (χ1) is 10.2. The molecular weight excluding hydrogens is 258 g/mol. The van der Waals surface area contributed by atoms with Crippen LogP contribution < -0.4 is 5.73 Å². The van der Waals surface area contributed by atoms with Gasteiger partial charge in [-0.25, -0.2) is 4.98 Å². The molecule has 0 aliphatic carbocycles. The molecule has 0 spiro atoms. The maximum atomic E-state index is 5.75. The summed E-state index contributed by atoms with van der Waals surface area (Å²) in [6.45, 7) is 8.67. The largest absolute Gasteiger partial charge is 0.330 e. The average Bonchev–Trinajstić information content (AvgIpc) is 2.82. The van der Waals surface area contributed by atoms with Gasteiger partial charge in [-0.3, -0.25) is 0 Å². The molecule has 0 radical (unpaired) electrons. The Balaban J connectivity index is 2.18. The first-order valence-electron chi connectivity index (χ1n) is 8.31. The summed E-state index contributed by atoms with van der Waals surface area (Å²) in [7, 11) is 0. The molecule has 2 rings (SSSR count). The molecule has 0 fully saturated rings. The topological polar surface area (TPSA) is 43.8 Å². The smallest absolute Gasteiger partial charge is 0.109 e. The number of aromatic nitrogens is 2. The van der Waals surface area contributed by atoms with E-state index in [0.717, 1.165) is 37.9 Å². The lowest BCUT2D eigenvalue weighted by atomic mass is 9.88. The number of fused-ring (bicyclic) bond motifs is 1. The molecule has 0 aliphatic rings. The minimum absolute atomic E-state index is 0.692. The van der Waals surface area contributed by atoms with Crippen molar-refractivity contribution in [1.82, 2.24) is 9.55 Å². The maximum absolute atomic E-state index is 5.75. The van der Waals surface area contributed by atoms with Gasteiger partial charge in [0.05, 0.1) is 11.0 Å². The Morgan fingerprint density at radius 3 is 2.62 bits per heavy atom. The van der Waals surface area contributed by atoms with E-state index in [1.165, 1.54) is 17.8 Å². The van der Waals surface area contributed by atoms with Crippen LogP contribution in [-0.2, 0) is 13.0 Å². The van der Waals surface area contributed by atoms with Gasteiger partial charge in [0, 0.05) is 13.0 Å². The van der Waals surface area contributed by atoms with E-state index in [0.29, 0.717) is 11.8 Å². The van der Waals surface area contributed by atoms with Crippen molar-refractivity contribution in [2.45, 2.75) is 53.0 Å². The number of hydrogen-bond acceptors (Lipinski definition) is 2. The van der Waals surface area contributed by atoms with E-state index in [9.17, 15) is 0 Å². The summed E-state index contributed by atoms with van der Waals surface area (Å²) in [5.41, 5.74) is 8.15. The normalized spacial score (nSPS) is 13.2. The Bertz CT molecular complexity index is 557. The van der Waals surface area contributed by atoms with Gasteiger partial charge >= 0.3 is 0 Å². The van der Waals surface area contributed by atoms with Crippen molar-refractivity contribution >= 4 is 11.0 Å². The lowest BCUT2D eigenvalue weighted by molar-refractivity contribution is 0.337. The van der Waals surface area contributed by atoms with Gasteiger partial charge in [-0.2, -0.15) is 0 Å². The van der Waals surface area contributed by atoms with E-state index in [1.54, 1.807) is 0 Å². The molecule has 2 N–H and O–H groups in total. The third-order valence-corrected chi connectivity index (χ3v) is 4.40. The minimum atomic E-state index is 0.692. The van der Waals surface area contributed by atoms with Crippen LogP contribution in [0.5, 0.6) is 0 Å². The van der Waals surface area contributed by atoms with E-state index in [1.807, 2.05) is 0 Å². The molecule has 3 nitrogen and oxygen atoms in total. The summed E-state index contributed by atoms with van der Waals surface area (Å²) in [6.07, 6.45) is 4.49. The summed E-state index contributed by atoms with van der Waals surface area (Å²) in [5.74, 6) is 2.63. The summed E-state index contributed by atoms with van der Waals surface area (Å²) < 4.78 is 2.40. The predicted octanol–water partition coefficient (Wildman–Crippen LogP) is 4.00. The average molecular weight is 287 g/mol. The molecule has 0 amide bonds. The van der Waals surface area contributed by atoms with Crippen LogP contribution in [0.3, 0.4) is 0 Å². The molecule has 1 aromatic heterocycles. The number of para-hydroxylation sites is 2. The van der Waals surface area contributed by atoms with Crippen molar-refractivity contribution in [3.63, 3.8) is 0 Å². The van der Waals surface area contributed by atoms with Gasteiger partial charge < -0.3 is 10.3 Å². The molecule has 0 bridgehead atoms. The molecule has 1 unspecified atom stereocenters. The van der Waals surface area contributed by atoms with Crippen molar-refractivity contribution in [2.24, 2.45) is 17.6 Å². The highest BCUT2D eigenvalue weighted by Crippen LogP contribution is 2.23. The highest BCUT2D eigenvalue weighted by molar-refractivity contribution is 5.75. The first kappa shape index (κ1) is 16.0. The molecule has 3 heteroatoms. The number of nitrogens with zero attached hydrogens (tertiary/aromatic N) is 2. The van der Waals surface area contributed by atoms with Crippen molar-refractivity contribution < 1.29 is 0 Å². The van der Waals surface area contributed by atoms with Crippen LogP contribution in [0.2, 0.25) is 0 Å². The number of rotatable bonds is 8. The van der Waals surface area contributed by atoms with Gasteiger partial charge in [0.1, 0.15) is 5.82 Å². The minimum Gasteiger partial charge on any atom is -0.330 e. The van der Waals surface area contributed by atoms with Crippen molar-refractivity contribution in [3.05, 3.63) is 30.1 Å². The third-order valence-electron chi connectivity index (χ3n) is 4.40. The molecule has 2 aromatic rings. The standard InChI is InChI=1S/C18H29N3/c1-4-13-21-17-8-6-5-7-16(17)20-18(21)10-9-15(11-12-19)14(2)3/h5-8,14-15H,4,9-13,19H2,1-3H3. The van der Waals surface area contributed by atoms with Gasteiger partial charge in [-0.15, -0.1) is 0 Å². The monoisotopic (exact) mass is 287 g/mol. The Hall–Kier alpha value is -1.35. The third kappa shape index (κ3) is 3.85. The number of aryl methyl sites for hydroxylation is 2. The van der Waals surface area contributed by atoms with E-state index in [2.05, 4.69) is 49.6 Å². The van der Waals surface area contributed by atoms with E-state index in [-0.39, 0.29) is 0 Å². The lowest BCUT2D eigenvalue weighted by Crippen LogP contribution is -2.16. The van der Waals surface area contributed by atoms with E-state index in [4.69, 9.17) is 10.7 Å².